The highest BCUT2D eigenvalue weighted by atomic mass is 19.3. The maximum absolute atomic E-state index is 13.7. The topological polar surface area (TPSA) is 58.1 Å². The Morgan fingerprint density at radius 2 is 2.19 bits per heavy atom. The van der Waals surface area contributed by atoms with Crippen LogP contribution in [-0.2, 0) is 16.1 Å². The van der Waals surface area contributed by atoms with Crippen LogP contribution in [-0.4, -0.2) is 22.4 Å². The number of rotatable bonds is 4. The number of hydrogen-bond acceptors (Lipinski definition) is 4. The van der Waals surface area contributed by atoms with E-state index in [9.17, 15) is 13.6 Å². The van der Waals surface area contributed by atoms with E-state index in [4.69, 9.17) is 0 Å². The normalized spacial score (nSPS) is 17.3. The Kier molecular flexibility index (Phi) is 3.71. The van der Waals surface area contributed by atoms with Crippen molar-refractivity contribution in [2.24, 2.45) is 0 Å². The van der Waals surface area contributed by atoms with Gasteiger partial charge >= 0.3 is 0 Å². The van der Waals surface area contributed by atoms with Gasteiger partial charge in [0.1, 0.15) is 17.3 Å². The molecule has 2 aliphatic rings. The number of fused-ring (bicyclic) bond motifs is 2. The van der Waals surface area contributed by atoms with E-state index < -0.39 is 5.92 Å². The molecule has 3 heterocycles. The van der Waals surface area contributed by atoms with E-state index >= 15 is 0 Å². The summed E-state index contributed by atoms with van der Waals surface area (Å²) in [5.74, 6) is -2.15. The lowest BCUT2D eigenvalue weighted by molar-refractivity contribution is -0.115. The molecule has 5 nitrogen and oxygen atoms in total. The zero-order valence-electron chi connectivity index (χ0n) is 14.7. The summed E-state index contributed by atoms with van der Waals surface area (Å²) in [6.07, 6.45) is 4.25. The number of halogens is 2. The highest BCUT2D eigenvalue weighted by Crippen LogP contribution is 2.58. The van der Waals surface area contributed by atoms with E-state index in [1.165, 1.54) is 6.07 Å². The molecule has 0 radical (unpaired) electrons. The second kappa shape index (κ2) is 5.72. The van der Waals surface area contributed by atoms with Crippen molar-refractivity contribution in [3.05, 3.63) is 41.7 Å². The highest BCUT2D eigenvalue weighted by molar-refractivity contribution is 5.90. The Hall–Kier alpha value is -2.57. The Morgan fingerprint density at radius 1 is 1.42 bits per heavy atom. The van der Waals surface area contributed by atoms with E-state index in [1.54, 1.807) is 25.3 Å². The Morgan fingerprint density at radius 3 is 2.85 bits per heavy atom. The number of carbonyl (C=O) groups is 1. The van der Waals surface area contributed by atoms with Crippen LogP contribution in [0.1, 0.15) is 45.8 Å². The van der Waals surface area contributed by atoms with Gasteiger partial charge in [-0.1, -0.05) is 13.0 Å². The lowest BCUT2D eigenvalue weighted by Gasteiger charge is -2.21. The quantitative estimate of drug-likeness (QED) is 0.880. The van der Waals surface area contributed by atoms with Crippen molar-refractivity contribution in [1.29, 1.82) is 0 Å². The fraction of sp³-hybridized carbons (Fsp3) is 0.421. The minimum atomic E-state index is -2.99. The molecule has 1 aliphatic heterocycles. The lowest BCUT2D eigenvalue weighted by atomic mass is 10.0. The molecule has 1 aliphatic carbocycles. The van der Waals surface area contributed by atoms with Gasteiger partial charge in [-0.05, 0) is 25.0 Å². The smallest absolute Gasteiger partial charge is 0.287 e. The zero-order valence-corrected chi connectivity index (χ0v) is 14.7. The van der Waals surface area contributed by atoms with Crippen LogP contribution in [0.25, 0.3) is 0 Å². The van der Waals surface area contributed by atoms with E-state index in [1.807, 2.05) is 11.0 Å². The average molecular weight is 360 g/mol. The maximum Gasteiger partial charge on any atom is 0.287 e. The Balaban J connectivity index is 0.00000210. The van der Waals surface area contributed by atoms with Crippen molar-refractivity contribution in [3.8, 4) is 0 Å². The van der Waals surface area contributed by atoms with Crippen LogP contribution < -0.4 is 10.2 Å². The number of nitrogens with one attached hydrogen (secondary N) is 1. The van der Waals surface area contributed by atoms with Crippen LogP contribution >= 0.6 is 0 Å². The summed E-state index contributed by atoms with van der Waals surface area (Å²) >= 11 is 0. The molecule has 2 aromatic rings. The molecule has 1 N–H and O–H groups in total. The monoisotopic (exact) mass is 360 g/mol. The summed E-state index contributed by atoms with van der Waals surface area (Å²) in [4.78, 5) is 22.2. The molecule has 0 atom stereocenters. The zero-order chi connectivity index (χ0) is 18.5. The van der Waals surface area contributed by atoms with Crippen LogP contribution in [0.2, 0.25) is 0 Å². The lowest BCUT2D eigenvalue weighted by Crippen LogP contribution is -2.21. The third kappa shape index (κ3) is 2.81. The van der Waals surface area contributed by atoms with Crippen LogP contribution in [0, 0.1) is 0 Å². The first-order valence-corrected chi connectivity index (χ1v) is 8.76. The summed E-state index contributed by atoms with van der Waals surface area (Å²) < 4.78 is 27.4. The molecule has 0 aromatic carbocycles. The van der Waals surface area contributed by atoms with E-state index in [0.717, 1.165) is 31.0 Å². The average Bonchev–Trinajstić information content (AvgIpc) is 3.32. The number of pyridine rings is 2. The van der Waals surface area contributed by atoms with Gasteiger partial charge in [-0.2, -0.15) is 8.78 Å². The second-order valence-corrected chi connectivity index (χ2v) is 7.12. The number of hydrogen-bond donors (Lipinski definition) is 1. The van der Waals surface area contributed by atoms with Gasteiger partial charge in [0, 0.05) is 44.6 Å². The molecular formula is C19H22F2N4O. The molecule has 7 heteroatoms. The van der Waals surface area contributed by atoms with Gasteiger partial charge in [0.15, 0.2) is 0 Å². The van der Waals surface area contributed by atoms with Crippen molar-refractivity contribution in [2.75, 3.05) is 16.8 Å². The van der Waals surface area contributed by atoms with E-state index in [2.05, 4.69) is 15.3 Å². The van der Waals surface area contributed by atoms with Gasteiger partial charge in [-0.3, -0.25) is 4.79 Å². The first kappa shape index (κ1) is 16.9. The molecule has 26 heavy (non-hydrogen) atoms. The van der Waals surface area contributed by atoms with Gasteiger partial charge in [-0.25, -0.2) is 9.97 Å². The summed E-state index contributed by atoms with van der Waals surface area (Å²) in [5.41, 5.74) is 1.76. The predicted octanol–water partition coefficient (Wildman–Crippen LogP) is 4.37. The van der Waals surface area contributed by atoms with Crippen molar-refractivity contribution in [2.45, 2.75) is 44.4 Å². The van der Waals surface area contributed by atoms with Crippen molar-refractivity contribution in [3.63, 3.8) is 0 Å². The molecule has 1 spiro atoms. The first-order chi connectivity index (χ1) is 12.3. The molecular weight excluding hydrogens is 338 g/mol. The van der Waals surface area contributed by atoms with Crippen LogP contribution in [0.5, 0.6) is 0 Å². The number of anilines is 3. The molecule has 0 unspecified atom stereocenters. The van der Waals surface area contributed by atoms with Crippen LogP contribution in [0.15, 0.2) is 30.5 Å². The summed E-state index contributed by atoms with van der Waals surface area (Å²) in [6, 6.07) is 6.50. The van der Waals surface area contributed by atoms with Crippen molar-refractivity contribution >= 4 is 23.2 Å². The number of aromatic nitrogens is 2. The van der Waals surface area contributed by atoms with Crippen LogP contribution in [0.4, 0.5) is 26.1 Å². The Labute approximate surface area is 151 Å². The number of amides is 1. The fourth-order valence-corrected chi connectivity index (χ4v) is 3.45. The molecule has 4 rings (SSSR count). The summed E-state index contributed by atoms with van der Waals surface area (Å²) in [6.45, 7) is 3.32. The van der Waals surface area contributed by atoms with Gasteiger partial charge < -0.3 is 10.2 Å². The third-order valence-corrected chi connectivity index (χ3v) is 5.11. The van der Waals surface area contributed by atoms with E-state index in [0.29, 0.717) is 24.6 Å². The molecule has 1 saturated carbocycles. The Bertz CT molecular complexity index is 880. The fourth-order valence-electron chi connectivity index (χ4n) is 3.45. The van der Waals surface area contributed by atoms with Crippen LogP contribution in [0.3, 0.4) is 0 Å². The maximum atomic E-state index is 13.7. The van der Waals surface area contributed by atoms with Gasteiger partial charge in [0.2, 0.25) is 5.91 Å². The molecule has 0 bridgehead atoms. The largest absolute Gasteiger partial charge is 0.325 e. The molecule has 0 saturated heterocycles. The minimum Gasteiger partial charge on any atom is -0.325 e. The third-order valence-electron chi connectivity index (χ3n) is 5.11. The van der Waals surface area contributed by atoms with Gasteiger partial charge in [0.05, 0.1) is 5.69 Å². The summed E-state index contributed by atoms with van der Waals surface area (Å²) in [5, 5.41) is 2.76. The van der Waals surface area contributed by atoms with Gasteiger partial charge in [-0.15, -0.1) is 0 Å². The van der Waals surface area contributed by atoms with Gasteiger partial charge in [0.25, 0.3) is 5.92 Å². The number of nitrogens with zero attached hydrogens (tertiary/aromatic N) is 3. The van der Waals surface area contributed by atoms with Crippen molar-refractivity contribution < 1.29 is 15.0 Å². The highest BCUT2D eigenvalue weighted by Gasteiger charge is 2.52. The standard InChI is InChI=1S/C19H20F2N4O.H2/c1-3-17(26)24-15-9-13-12(10-22-15)19(7-8-19)11-25(13)16-6-4-5-14(23-16)18(2,20)21;/h4-6,9-10H,3,7-8,11H2,1-2H3,(H,22,24,26);1H. The molecule has 1 amide bonds. The van der Waals surface area contributed by atoms with Crippen molar-refractivity contribution in [1.82, 2.24) is 9.97 Å². The number of alkyl halides is 2. The minimum absolute atomic E-state index is 0. The molecule has 1 fully saturated rings. The second-order valence-electron chi connectivity index (χ2n) is 7.12. The summed E-state index contributed by atoms with van der Waals surface area (Å²) in [7, 11) is 0. The first-order valence-electron chi connectivity index (χ1n) is 8.76. The number of carbonyl (C=O) groups excluding carboxylic acids is 1. The predicted molar refractivity (Wildman–Crippen MR) is 97.0 cm³/mol. The molecule has 138 valence electrons. The van der Waals surface area contributed by atoms with E-state index in [-0.39, 0.29) is 18.4 Å². The molecule has 2 aromatic heterocycles. The SMILES string of the molecule is CCC(=O)Nc1cc2c(cn1)C1(CC1)CN2c1cccc(C(C)(F)F)n1.[HH].